The Morgan fingerprint density at radius 1 is 1.56 bits per heavy atom. The Balaban J connectivity index is 3.86. The zero-order chi connectivity index (χ0) is 7.28. The van der Waals surface area contributed by atoms with E-state index in [1.54, 1.807) is 13.0 Å². The van der Waals surface area contributed by atoms with Crippen molar-refractivity contribution in [1.82, 2.24) is 0 Å². The lowest BCUT2D eigenvalue weighted by Crippen LogP contribution is -2.05. The topological polar surface area (TPSA) is 43.1 Å². The predicted molar refractivity (Wildman–Crippen MR) is 37.9 cm³/mol. The van der Waals surface area contributed by atoms with Gasteiger partial charge in [0, 0.05) is 11.1 Å². The third-order valence-corrected chi connectivity index (χ3v) is 1.03. The molecule has 2 nitrogen and oxygen atoms in total. The number of hydrogen-bond donors (Lipinski definition) is 1. The second kappa shape index (κ2) is 4.15. The van der Waals surface area contributed by atoms with Gasteiger partial charge in [-0.05, 0) is 13.0 Å². The molecule has 0 rings (SSSR count). The van der Waals surface area contributed by atoms with Crippen LogP contribution in [0.3, 0.4) is 0 Å². The van der Waals surface area contributed by atoms with Crippen LogP contribution < -0.4 is 5.73 Å². The highest BCUT2D eigenvalue weighted by Crippen LogP contribution is 2.00. The van der Waals surface area contributed by atoms with Gasteiger partial charge in [-0.1, -0.05) is 17.7 Å². The molecule has 0 aliphatic carbocycles. The maximum absolute atomic E-state index is 10.1. The first kappa shape index (κ1) is 8.24. The van der Waals surface area contributed by atoms with Crippen molar-refractivity contribution < 1.29 is 4.79 Å². The Kier molecular flexibility index (Phi) is 3.80. The third kappa shape index (κ3) is 5.11. The van der Waals surface area contributed by atoms with E-state index in [-0.39, 0.29) is 0 Å². The molecule has 50 valence electrons. The van der Waals surface area contributed by atoms with Gasteiger partial charge >= 0.3 is 0 Å². The molecule has 3 heteroatoms. The fourth-order valence-electron chi connectivity index (χ4n) is 0.258. The largest absolute Gasteiger partial charge is 0.366 e. The Morgan fingerprint density at radius 3 is 2.44 bits per heavy atom. The van der Waals surface area contributed by atoms with Gasteiger partial charge in [-0.3, -0.25) is 4.79 Å². The minimum absolute atomic E-state index is 0.491. The van der Waals surface area contributed by atoms with Gasteiger partial charge in [-0.2, -0.15) is 0 Å². The van der Waals surface area contributed by atoms with Crippen LogP contribution in [-0.4, -0.2) is 5.91 Å². The van der Waals surface area contributed by atoms with Crippen molar-refractivity contribution in [3.8, 4) is 0 Å². The van der Waals surface area contributed by atoms with E-state index in [0.717, 1.165) is 0 Å². The average Bonchev–Trinajstić information content (AvgIpc) is 1.83. The number of primary amides is 1. The smallest absolute Gasteiger partial charge is 0.241 e. The summed E-state index contributed by atoms with van der Waals surface area (Å²) in [5, 5.41) is 0.508. The van der Waals surface area contributed by atoms with Crippen LogP contribution in [-0.2, 0) is 4.79 Å². The Hall–Kier alpha value is -0.760. The van der Waals surface area contributed by atoms with Gasteiger partial charge < -0.3 is 5.73 Å². The number of halogens is 1. The number of carbonyl (C=O) groups excluding carboxylic acids is 1. The molecule has 0 radical (unpaired) electrons. The molecule has 0 bridgehead atoms. The first-order chi connectivity index (χ1) is 4.16. The van der Waals surface area contributed by atoms with Gasteiger partial charge in [-0.25, -0.2) is 0 Å². The van der Waals surface area contributed by atoms with Crippen LogP contribution in [0.2, 0.25) is 0 Å². The van der Waals surface area contributed by atoms with E-state index in [2.05, 4.69) is 0 Å². The molecule has 0 spiro atoms. The molecule has 0 aromatic rings. The summed E-state index contributed by atoms with van der Waals surface area (Å²) >= 11 is 5.48. The number of hydrogen-bond acceptors (Lipinski definition) is 1. The van der Waals surface area contributed by atoms with Crippen molar-refractivity contribution in [2.45, 2.75) is 6.92 Å². The molecule has 0 aliphatic heterocycles. The Bertz CT molecular complexity index is 160. The van der Waals surface area contributed by atoms with Crippen LogP contribution in [0.1, 0.15) is 6.92 Å². The lowest BCUT2D eigenvalue weighted by Gasteiger charge is -1.81. The van der Waals surface area contributed by atoms with E-state index in [1.165, 1.54) is 12.2 Å². The fraction of sp³-hybridized carbons (Fsp3) is 0.167. The highest BCUT2D eigenvalue weighted by molar-refractivity contribution is 6.31. The van der Waals surface area contributed by atoms with Gasteiger partial charge in [0.15, 0.2) is 0 Å². The number of carbonyl (C=O) groups is 1. The lowest BCUT2D eigenvalue weighted by atomic mass is 10.4. The highest BCUT2D eigenvalue weighted by Gasteiger charge is 1.82. The first-order valence-corrected chi connectivity index (χ1v) is 2.84. The Morgan fingerprint density at radius 2 is 2.11 bits per heavy atom. The van der Waals surface area contributed by atoms with E-state index in [0.29, 0.717) is 5.03 Å². The van der Waals surface area contributed by atoms with Gasteiger partial charge in [0.1, 0.15) is 0 Å². The number of allylic oxidation sites excluding steroid dienone is 3. The second-order valence-corrected chi connectivity index (χ2v) is 1.85. The summed E-state index contributed by atoms with van der Waals surface area (Å²) in [4.78, 5) is 10.1. The quantitative estimate of drug-likeness (QED) is 0.460. The average molecular weight is 146 g/mol. The van der Waals surface area contributed by atoms with E-state index in [1.807, 2.05) is 0 Å². The molecule has 0 aliphatic rings. The van der Waals surface area contributed by atoms with Crippen molar-refractivity contribution in [1.29, 1.82) is 0 Å². The van der Waals surface area contributed by atoms with E-state index in [9.17, 15) is 4.79 Å². The summed E-state index contributed by atoms with van der Waals surface area (Å²) in [6.45, 7) is 1.77. The zero-order valence-electron chi connectivity index (χ0n) is 5.10. The van der Waals surface area contributed by atoms with Crippen molar-refractivity contribution in [2.24, 2.45) is 5.73 Å². The normalized spacial score (nSPS) is 12.4. The summed E-state index contributed by atoms with van der Waals surface area (Å²) < 4.78 is 0. The molecule has 0 heterocycles. The summed E-state index contributed by atoms with van der Waals surface area (Å²) in [6, 6.07) is 0. The summed E-state index contributed by atoms with van der Waals surface area (Å²) in [5.74, 6) is -0.491. The van der Waals surface area contributed by atoms with Crippen LogP contribution >= 0.6 is 11.6 Å². The van der Waals surface area contributed by atoms with Gasteiger partial charge in [-0.15, -0.1) is 0 Å². The maximum Gasteiger partial charge on any atom is 0.241 e. The summed E-state index contributed by atoms with van der Waals surface area (Å²) in [7, 11) is 0. The second-order valence-electron chi connectivity index (χ2n) is 1.41. The molecule has 2 N–H and O–H groups in total. The van der Waals surface area contributed by atoms with Gasteiger partial charge in [0.05, 0.1) is 0 Å². The minimum atomic E-state index is -0.491. The minimum Gasteiger partial charge on any atom is -0.366 e. The zero-order valence-corrected chi connectivity index (χ0v) is 5.85. The molecule has 0 saturated heterocycles. The molecule has 0 atom stereocenters. The van der Waals surface area contributed by atoms with Crippen molar-refractivity contribution in [3.05, 3.63) is 23.3 Å². The standard InChI is InChI=1S/C6H8ClNO/c1-2-5(7)3-4-6(8)9/h2-4H,1H3,(H2,8,9). The van der Waals surface area contributed by atoms with Crippen LogP contribution in [0, 0.1) is 0 Å². The molecule has 0 fully saturated rings. The van der Waals surface area contributed by atoms with Crippen LogP contribution in [0.15, 0.2) is 23.3 Å². The molecular weight excluding hydrogens is 138 g/mol. The predicted octanol–water partition coefficient (Wildman–Crippen LogP) is 1.17. The SMILES string of the molecule is CC=C(Cl)C=CC(N)=O. The molecule has 0 aromatic carbocycles. The molecule has 9 heavy (non-hydrogen) atoms. The molecule has 0 saturated carbocycles. The van der Waals surface area contributed by atoms with Crippen molar-refractivity contribution >= 4 is 17.5 Å². The monoisotopic (exact) mass is 145 g/mol. The fourth-order valence-corrected chi connectivity index (χ4v) is 0.321. The third-order valence-electron chi connectivity index (χ3n) is 0.683. The van der Waals surface area contributed by atoms with E-state index in [4.69, 9.17) is 17.3 Å². The number of amides is 1. The summed E-state index contributed by atoms with van der Waals surface area (Å²) in [5.41, 5.74) is 4.78. The van der Waals surface area contributed by atoms with Crippen LogP contribution in [0.4, 0.5) is 0 Å². The molecule has 0 aromatic heterocycles. The summed E-state index contributed by atoms with van der Waals surface area (Å²) in [6.07, 6.45) is 4.33. The van der Waals surface area contributed by atoms with Crippen molar-refractivity contribution in [2.75, 3.05) is 0 Å². The van der Waals surface area contributed by atoms with E-state index >= 15 is 0 Å². The molecular formula is C6H8ClNO. The van der Waals surface area contributed by atoms with Crippen molar-refractivity contribution in [3.63, 3.8) is 0 Å². The number of rotatable bonds is 2. The molecule has 1 amide bonds. The first-order valence-electron chi connectivity index (χ1n) is 2.46. The van der Waals surface area contributed by atoms with Gasteiger partial charge in [0.2, 0.25) is 5.91 Å². The van der Waals surface area contributed by atoms with Crippen LogP contribution in [0.25, 0.3) is 0 Å². The van der Waals surface area contributed by atoms with Gasteiger partial charge in [0.25, 0.3) is 0 Å². The molecule has 0 unspecified atom stereocenters. The number of nitrogens with two attached hydrogens (primary N) is 1. The Labute approximate surface area is 59.0 Å². The highest BCUT2D eigenvalue weighted by atomic mass is 35.5. The van der Waals surface area contributed by atoms with E-state index < -0.39 is 5.91 Å². The lowest BCUT2D eigenvalue weighted by molar-refractivity contribution is -0.113. The van der Waals surface area contributed by atoms with Crippen LogP contribution in [0.5, 0.6) is 0 Å². The maximum atomic E-state index is 10.1.